The van der Waals surface area contributed by atoms with Gasteiger partial charge in [0.2, 0.25) is 0 Å². The fourth-order valence-electron chi connectivity index (χ4n) is 4.33. The molecule has 2 rings (SSSR count). The van der Waals surface area contributed by atoms with Gasteiger partial charge in [-0.15, -0.1) is 0 Å². The number of ether oxygens (including phenoxy) is 3. The number of hydrogen-bond acceptors (Lipinski definition) is 10. The first kappa shape index (κ1) is 34.1. The molecule has 0 aliphatic carbocycles. The molecule has 0 amide bonds. The van der Waals surface area contributed by atoms with Crippen LogP contribution in [-0.4, -0.2) is 98.3 Å². The van der Waals surface area contributed by atoms with Crippen molar-refractivity contribution < 1.29 is 49.6 Å². The first-order valence-electron chi connectivity index (χ1n) is 14.1. The Morgan fingerprint density at radius 3 is 2.40 bits per heavy atom. The molecule has 2 heterocycles. The van der Waals surface area contributed by atoms with Crippen LogP contribution in [0.3, 0.4) is 0 Å². The van der Waals surface area contributed by atoms with Crippen molar-refractivity contribution in [2.75, 3.05) is 6.61 Å². The molecule has 0 bridgehead atoms. The molecule has 226 valence electrons. The van der Waals surface area contributed by atoms with Crippen molar-refractivity contribution in [3.05, 3.63) is 60.8 Å². The predicted molar refractivity (Wildman–Crippen MR) is 149 cm³/mol. The Morgan fingerprint density at radius 2 is 1.62 bits per heavy atom. The number of aliphatic hydroxyl groups is 6. The van der Waals surface area contributed by atoms with Crippen molar-refractivity contribution in [2.24, 2.45) is 0 Å². The monoisotopic (exact) mass is 566 g/mol. The molecule has 0 spiro atoms. The van der Waals surface area contributed by atoms with E-state index in [0.717, 1.165) is 32.1 Å². The van der Waals surface area contributed by atoms with E-state index in [1.54, 1.807) is 48.6 Å². The lowest BCUT2D eigenvalue weighted by atomic mass is 9.99. The van der Waals surface area contributed by atoms with Gasteiger partial charge in [0.1, 0.15) is 24.4 Å². The third-order valence-electron chi connectivity index (χ3n) is 6.66. The molecule has 40 heavy (non-hydrogen) atoms. The molecular weight excluding hydrogens is 520 g/mol. The maximum Gasteiger partial charge on any atom is 0.331 e. The van der Waals surface area contributed by atoms with Crippen molar-refractivity contribution >= 4 is 5.97 Å². The summed E-state index contributed by atoms with van der Waals surface area (Å²) in [7, 11) is 0. The van der Waals surface area contributed by atoms with Crippen molar-refractivity contribution in [2.45, 2.75) is 113 Å². The number of cyclic esters (lactones) is 1. The zero-order chi connectivity index (χ0) is 29.3. The minimum absolute atomic E-state index is 0.208. The van der Waals surface area contributed by atoms with Crippen LogP contribution in [0.1, 0.15) is 58.3 Å². The van der Waals surface area contributed by atoms with Gasteiger partial charge in [-0.3, -0.25) is 0 Å². The number of carbonyl (C=O) groups excluding carboxylic acids is 1. The molecule has 1 saturated heterocycles. The predicted octanol–water partition coefficient (Wildman–Crippen LogP) is 1.74. The first-order chi connectivity index (χ1) is 19.2. The Bertz CT molecular complexity index is 865. The van der Waals surface area contributed by atoms with Gasteiger partial charge >= 0.3 is 5.97 Å². The van der Waals surface area contributed by atoms with E-state index in [-0.39, 0.29) is 12.5 Å². The molecule has 0 aromatic carbocycles. The van der Waals surface area contributed by atoms with Crippen molar-refractivity contribution in [3.63, 3.8) is 0 Å². The summed E-state index contributed by atoms with van der Waals surface area (Å²) in [6, 6.07) is 0. The van der Waals surface area contributed by atoms with Crippen LogP contribution in [0.2, 0.25) is 0 Å². The van der Waals surface area contributed by atoms with Crippen molar-refractivity contribution in [1.82, 2.24) is 0 Å². The minimum Gasteiger partial charge on any atom is -0.460 e. The molecule has 0 aromatic heterocycles. The van der Waals surface area contributed by atoms with Crippen LogP contribution in [0, 0.1) is 0 Å². The summed E-state index contributed by atoms with van der Waals surface area (Å²) in [5.74, 6) is -0.440. The molecule has 1 fully saturated rings. The van der Waals surface area contributed by atoms with E-state index in [4.69, 9.17) is 14.2 Å². The number of carbonyl (C=O) groups is 1. The molecule has 10 heteroatoms. The van der Waals surface area contributed by atoms with E-state index in [1.807, 2.05) is 13.0 Å². The normalized spacial score (nSPS) is 37.0. The summed E-state index contributed by atoms with van der Waals surface area (Å²) in [5.41, 5.74) is 0. The van der Waals surface area contributed by atoms with Crippen LogP contribution in [0.15, 0.2) is 60.8 Å². The maximum atomic E-state index is 12.1. The lowest BCUT2D eigenvalue weighted by molar-refractivity contribution is -0.307. The Kier molecular flexibility index (Phi) is 16.2. The van der Waals surface area contributed by atoms with Gasteiger partial charge in [0, 0.05) is 12.5 Å². The van der Waals surface area contributed by atoms with Gasteiger partial charge in [0.05, 0.1) is 31.0 Å². The largest absolute Gasteiger partial charge is 0.460 e. The summed E-state index contributed by atoms with van der Waals surface area (Å²) in [6.07, 6.45) is 12.8. The zero-order valence-corrected chi connectivity index (χ0v) is 23.1. The highest BCUT2D eigenvalue weighted by molar-refractivity contribution is 5.82. The minimum atomic E-state index is -1.56. The summed E-state index contributed by atoms with van der Waals surface area (Å²) < 4.78 is 16.7. The van der Waals surface area contributed by atoms with Gasteiger partial charge in [-0.2, -0.15) is 0 Å². The van der Waals surface area contributed by atoms with E-state index in [0.29, 0.717) is 12.8 Å². The smallest absolute Gasteiger partial charge is 0.331 e. The van der Waals surface area contributed by atoms with Crippen LogP contribution >= 0.6 is 0 Å². The number of allylic oxidation sites excluding steroid dienone is 5. The average molecular weight is 567 g/mol. The van der Waals surface area contributed by atoms with Gasteiger partial charge in [0.25, 0.3) is 0 Å². The summed E-state index contributed by atoms with van der Waals surface area (Å²) in [5, 5.41) is 60.2. The molecule has 0 unspecified atom stereocenters. The molecule has 2 aliphatic rings. The van der Waals surface area contributed by atoms with Gasteiger partial charge in [-0.05, 0) is 45.4 Å². The van der Waals surface area contributed by atoms with E-state index in [2.05, 4.69) is 0 Å². The Morgan fingerprint density at radius 1 is 0.875 bits per heavy atom. The molecule has 2 aliphatic heterocycles. The third-order valence-corrected chi connectivity index (χ3v) is 6.66. The molecule has 6 N–H and O–H groups in total. The summed E-state index contributed by atoms with van der Waals surface area (Å²) >= 11 is 0. The second-order valence-corrected chi connectivity index (χ2v) is 10.2. The second-order valence-electron chi connectivity index (χ2n) is 10.2. The fraction of sp³-hybridized carbons (Fsp3) is 0.633. The standard InChI is InChI=1S/C30H46O10/c1-21-13-7-3-2-4-8-14-22(32)19-23(33)15-9-5-10-16-24(17-11-6-12-18-26(34)38-21)39-30-29(37)28(36)27(35)25(20-31)40-30/h5-6,8-12,14,16,18,21-25,27-33,35-37H,2-4,7,13,15,17,19-20H2,1H3/b9-5?,11-6?,14-8?,16-10+,18-12?/t21-,22+,23+,24-,25+,27+,28-,29+,30+/m1/s1. The summed E-state index contributed by atoms with van der Waals surface area (Å²) in [4.78, 5) is 12.1. The number of rotatable bonds is 3. The van der Waals surface area contributed by atoms with E-state index in [9.17, 15) is 35.4 Å². The maximum absolute atomic E-state index is 12.1. The molecule has 10 nitrogen and oxygen atoms in total. The molecule has 0 saturated carbocycles. The van der Waals surface area contributed by atoms with Crippen LogP contribution in [0.4, 0.5) is 0 Å². The summed E-state index contributed by atoms with van der Waals surface area (Å²) in [6.45, 7) is 1.29. The van der Waals surface area contributed by atoms with E-state index < -0.39 is 61.6 Å². The Labute approximate surface area is 236 Å². The SMILES string of the molecule is C[C@@H]1CCCCCC=C[C@H](O)C[C@@H](O)CC=C/C=C/[C@@H](O[C@H]2O[C@@H](CO)[C@H](O)[C@@H](O)[C@@H]2O)CC=CC=CC(=O)O1. The molecular formula is C30H46O10. The van der Waals surface area contributed by atoms with Crippen LogP contribution < -0.4 is 0 Å². The highest BCUT2D eigenvalue weighted by atomic mass is 16.7. The topological polar surface area (TPSA) is 166 Å². The van der Waals surface area contributed by atoms with Crippen LogP contribution in [-0.2, 0) is 19.0 Å². The molecule has 9 atom stereocenters. The van der Waals surface area contributed by atoms with Crippen LogP contribution in [0.25, 0.3) is 0 Å². The lowest BCUT2D eigenvalue weighted by Gasteiger charge is -2.40. The van der Waals surface area contributed by atoms with Gasteiger partial charge in [-0.25, -0.2) is 4.79 Å². The fourth-order valence-corrected chi connectivity index (χ4v) is 4.33. The lowest BCUT2D eigenvalue weighted by Crippen LogP contribution is -2.59. The van der Waals surface area contributed by atoms with Crippen LogP contribution in [0.5, 0.6) is 0 Å². The van der Waals surface area contributed by atoms with Crippen molar-refractivity contribution in [1.29, 1.82) is 0 Å². The second kappa shape index (κ2) is 19.1. The van der Waals surface area contributed by atoms with E-state index >= 15 is 0 Å². The van der Waals surface area contributed by atoms with E-state index in [1.165, 1.54) is 6.08 Å². The van der Waals surface area contributed by atoms with Gasteiger partial charge in [0.15, 0.2) is 6.29 Å². The number of esters is 1. The zero-order valence-electron chi connectivity index (χ0n) is 23.1. The molecule has 0 radical (unpaired) electrons. The quantitative estimate of drug-likeness (QED) is 0.219. The number of hydrogen-bond donors (Lipinski definition) is 6. The number of aliphatic hydroxyl groups excluding tert-OH is 6. The highest BCUT2D eigenvalue weighted by Crippen LogP contribution is 2.24. The van der Waals surface area contributed by atoms with Crippen molar-refractivity contribution in [3.8, 4) is 0 Å². The van der Waals surface area contributed by atoms with Gasteiger partial charge in [-0.1, -0.05) is 61.1 Å². The molecule has 0 aromatic rings. The average Bonchev–Trinajstić information content (AvgIpc) is 2.91. The van der Waals surface area contributed by atoms with Gasteiger partial charge < -0.3 is 44.8 Å². The Balaban J connectivity index is 2.10. The highest BCUT2D eigenvalue weighted by Gasteiger charge is 2.44. The Hall–Kier alpha value is -2.15. The third kappa shape index (κ3) is 13.0. The first-order valence-corrected chi connectivity index (χ1v) is 14.1.